The molecule has 0 bridgehead atoms. The first-order valence-electron chi connectivity index (χ1n) is 7.69. The molecule has 1 aliphatic heterocycles. The Labute approximate surface area is 128 Å². The van der Waals surface area contributed by atoms with E-state index in [2.05, 4.69) is 21.3 Å². The standard InChI is InChI=1S/C14H28N2O4S/c1-13-6-10-16(11-7-13)9-4-8-15-21(18,19)12-3-5-14(17)20-2/h13,15H,3-12H2,1-2H3. The fourth-order valence-electron chi connectivity index (χ4n) is 2.40. The summed E-state index contributed by atoms with van der Waals surface area (Å²) in [7, 11) is -1.97. The van der Waals surface area contributed by atoms with Gasteiger partial charge in [0.2, 0.25) is 10.0 Å². The first-order chi connectivity index (χ1) is 9.93. The highest BCUT2D eigenvalue weighted by Crippen LogP contribution is 2.15. The number of sulfonamides is 1. The van der Waals surface area contributed by atoms with Gasteiger partial charge in [-0.1, -0.05) is 6.92 Å². The van der Waals surface area contributed by atoms with Crippen molar-refractivity contribution < 1.29 is 17.9 Å². The molecule has 1 saturated heterocycles. The first-order valence-corrected chi connectivity index (χ1v) is 9.34. The van der Waals surface area contributed by atoms with Crippen LogP contribution in [0.1, 0.15) is 39.0 Å². The number of hydrogen-bond donors (Lipinski definition) is 1. The Kier molecular flexibility index (Phi) is 8.21. The van der Waals surface area contributed by atoms with Gasteiger partial charge in [-0.25, -0.2) is 13.1 Å². The van der Waals surface area contributed by atoms with Crippen molar-refractivity contribution in [2.24, 2.45) is 5.92 Å². The molecule has 1 rings (SSSR count). The number of nitrogens with one attached hydrogen (secondary N) is 1. The molecule has 0 saturated carbocycles. The second-order valence-corrected chi connectivity index (χ2v) is 7.70. The van der Waals surface area contributed by atoms with Crippen LogP contribution in [0, 0.1) is 5.92 Å². The Hall–Kier alpha value is -0.660. The molecule has 1 heterocycles. The smallest absolute Gasteiger partial charge is 0.305 e. The van der Waals surface area contributed by atoms with Gasteiger partial charge in [0.25, 0.3) is 0 Å². The van der Waals surface area contributed by atoms with Crippen LogP contribution in [-0.4, -0.2) is 58.3 Å². The summed E-state index contributed by atoms with van der Waals surface area (Å²) >= 11 is 0. The zero-order valence-electron chi connectivity index (χ0n) is 13.1. The summed E-state index contributed by atoms with van der Waals surface area (Å²) in [5.74, 6) is 0.419. The van der Waals surface area contributed by atoms with E-state index in [1.165, 1.54) is 20.0 Å². The molecule has 1 aliphatic rings. The van der Waals surface area contributed by atoms with Gasteiger partial charge in [0.1, 0.15) is 0 Å². The summed E-state index contributed by atoms with van der Waals surface area (Å²) in [6.45, 7) is 5.92. The molecule has 0 radical (unpaired) electrons. The maximum atomic E-state index is 11.7. The van der Waals surface area contributed by atoms with E-state index in [4.69, 9.17) is 0 Å². The Balaban J connectivity index is 2.09. The number of carbonyl (C=O) groups is 1. The number of ether oxygens (including phenoxy) is 1. The van der Waals surface area contributed by atoms with Gasteiger partial charge in [-0.3, -0.25) is 4.79 Å². The fourth-order valence-corrected chi connectivity index (χ4v) is 3.52. The zero-order valence-corrected chi connectivity index (χ0v) is 14.0. The summed E-state index contributed by atoms with van der Waals surface area (Å²) < 4.78 is 30.5. The van der Waals surface area contributed by atoms with Gasteiger partial charge < -0.3 is 9.64 Å². The van der Waals surface area contributed by atoms with Gasteiger partial charge in [-0.05, 0) is 51.2 Å². The van der Waals surface area contributed by atoms with Crippen molar-refractivity contribution in [2.45, 2.75) is 39.0 Å². The monoisotopic (exact) mass is 320 g/mol. The molecular formula is C14H28N2O4S. The number of esters is 1. The van der Waals surface area contributed by atoms with Gasteiger partial charge in [-0.2, -0.15) is 0 Å². The summed E-state index contributed by atoms with van der Waals surface area (Å²) in [4.78, 5) is 13.3. The van der Waals surface area contributed by atoms with E-state index < -0.39 is 10.0 Å². The van der Waals surface area contributed by atoms with Crippen molar-refractivity contribution in [3.8, 4) is 0 Å². The second-order valence-electron chi connectivity index (χ2n) is 5.77. The lowest BCUT2D eigenvalue weighted by atomic mass is 9.99. The third kappa shape index (κ3) is 8.38. The SMILES string of the molecule is COC(=O)CCCS(=O)(=O)NCCCN1CCC(C)CC1. The lowest BCUT2D eigenvalue weighted by Crippen LogP contribution is -2.35. The van der Waals surface area contributed by atoms with Crippen LogP contribution in [0.15, 0.2) is 0 Å². The summed E-state index contributed by atoms with van der Waals surface area (Å²) in [5.41, 5.74) is 0. The minimum absolute atomic E-state index is 0.0245. The summed E-state index contributed by atoms with van der Waals surface area (Å²) in [6.07, 6.45) is 3.73. The van der Waals surface area contributed by atoms with Gasteiger partial charge in [0.05, 0.1) is 12.9 Å². The molecule has 0 aliphatic carbocycles. The zero-order chi connectivity index (χ0) is 15.7. The van der Waals surface area contributed by atoms with Gasteiger partial charge >= 0.3 is 5.97 Å². The minimum Gasteiger partial charge on any atom is -0.469 e. The average Bonchev–Trinajstić information content (AvgIpc) is 2.45. The predicted octanol–water partition coefficient (Wildman–Crippen LogP) is 0.981. The Morgan fingerprint density at radius 2 is 1.95 bits per heavy atom. The lowest BCUT2D eigenvalue weighted by Gasteiger charge is -2.30. The van der Waals surface area contributed by atoms with E-state index in [-0.39, 0.29) is 18.1 Å². The highest BCUT2D eigenvalue weighted by Gasteiger charge is 2.15. The van der Waals surface area contributed by atoms with Crippen LogP contribution in [0.2, 0.25) is 0 Å². The number of likely N-dealkylation sites (tertiary alicyclic amines) is 1. The third-order valence-electron chi connectivity index (χ3n) is 3.87. The van der Waals surface area contributed by atoms with E-state index in [0.717, 1.165) is 32.0 Å². The van der Waals surface area contributed by atoms with Crippen molar-refractivity contribution in [1.29, 1.82) is 0 Å². The van der Waals surface area contributed by atoms with Crippen molar-refractivity contribution in [3.63, 3.8) is 0 Å². The molecule has 21 heavy (non-hydrogen) atoms. The number of nitrogens with zero attached hydrogens (tertiary/aromatic N) is 1. The van der Waals surface area contributed by atoms with E-state index in [9.17, 15) is 13.2 Å². The number of piperidine rings is 1. The highest BCUT2D eigenvalue weighted by atomic mass is 32.2. The quantitative estimate of drug-likeness (QED) is 0.506. The Morgan fingerprint density at radius 3 is 2.57 bits per heavy atom. The molecular weight excluding hydrogens is 292 g/mol. The summed E-state index contributed by atoms with van der Waals surface area (Å²) in [5, 5.41) is 0. The van der Waals surface area contributed by atoms with Crippen LogP contribution >= 0.6 is 0 Å². The van der Waals surface area contributed by atoms with Crippen molar-refractivity contribution >= 4 is 16.0 Å². The van der Waals surface area contributed by atoms with E-state index >= 15 is 0 Å². The van der Waals surface area contributed by atoms with Gasteiger partial charge in [0.15, 0.2) is 0 Å². The second kappa shape index (κ2) is 9.38. The first kappa shape index (κ1) is 18.4. The van der Waals surface area contributed by atoms with Crippen LogP contribution in [0.25, 0.3) is 0 Å². The molecule has 1 fully saturated rings. The number of methoxy groups -OCH3 is 1. The van der Waals surface area contributed by atoms with Crippen LogP contribution < -0.4 is 4.72 Å². The molecule has 0 aromatic rings. The van der Waals surface area contributed by atoms with Crippen molar-refractivity contribution in [1.82, 2.24) is 9.62 Å². The molecule has 0 unspecified atom stereocenters. The van der Waals surface area contributed by atoms with E-state index in [1.807, 2.05) is 0 Å². The largest absolute Gasteiger partial charge is 0.469 e. The molecule has 7 heteroatoms. The van der Waals surface area contributed by atoms with Crippen LogP contribution in [0.3, 0.4) is 0 Å². The molecule has 0 aromatic heterocycles. The number of hydrogen-bond acceptors (Lipinski definition) is 5. The van der Waals surface area contributed by atoms with Crippen molar-refractivity contribution in [3.05, 3.63) is 0 Å². The average molecular weight is 320 g/mol. The molecule has 0 amide bonds. The number of carbonyl (C=O) groups excluding carboxylic acids is 1. The van der Waals surface area contributed by atoms with Crippen LogP contribution in [-0.2, 0) is 19.6 Å². The van der Waals surface area contributed by atoms with Gasteiger partial charge in [0, 0.05) is 13.0 Å². The van der Waals surface area contributed by atoms with E-state index in [1.54, 1.807) is 0 Å². The molecule has 1 N–H and O–H groups in total. The topological polar surface area (TPSA) is 75.7 Å². The Morgan fingerprint density at radius 1 is 1.29 bits per heavy atom. The maximum Gasteiger partial charge on any atom is 0.305 e. The normalized spacial score (nSPS) is 17.8. The van der Waals surface area contributed by atoms with Gasteiger partial charge in [-0.15, -0.1) is 0 Å². The fraction of sp³-hybridized carbons (Fsp3) is 0.929. The number of rotatable bonds is 9. The van der Waals surface area contributed by atoms with E-state index in [0.29, 0.717) is 13.0 Å². The molecule has 124 valence electrons. The van der Waals surface area contributed by atoms with Crippen molar-refractivity contribution in [2.75, 3.05) is 39.0 Å². The molecule has 0 aromatic carbocycles. The van der Waals surface area contributed by atoms with Crippen LogP contribution in [0.4, 0.5) is 0 Å². The maximum absolute atomic E-state index is 11.7. The predicted molar refractivity (Wildman–Crippen MR) is 82.5 cm³/mol. The molecule has 6 nitrogen and oxygen atoms in total. The highest BCUT2D eigenvalue weighted by molar-refractivity contribution is 7.89. The third-order valence-corrected chi connectivity index (χ3v) is 5.34. The molecule has 0 spiro atoms. The summed E-state index contributed by atoms with van der Waals surface area (Å²) in [6, 6.07) is 0. The lowest BCUT2D eigenvalue weighted by molar-refractivity contribution is -0.140. The molecule has 0 atom stereocenters. The Bertz CT molecular complexity index is 403. The minimum atomic E-state index is -3.27. The van der Waals surface area contributed by atoms with Crippen LogP contribution in [0.5, 0.6) is 0 Å².